The fraction of sp³-hybridized carbons (Fsp3) is 0.455. The molecule has 3 aromatic rings. The molecule has 8 nitrogen and oxygen atoms in total. The second-order valence-corrected chi connectivity index (χ2v) is 8.96. The average molecular weight is 476 g/mol. The molecule has 0 unspecified atom stereocenters. The third-order valence-corrected chi connectivity index (χ3v) is 6.44. The van der Waals surface area contributed by atoms with Gasteiger partial charge >= 0.3 is 6.01 Å². The molecule has 5 rings (SSSR count). The first-order valence-electron chi connectivity index (χ1n) is 10.9. The van der Waals surface area contributed by atoms with Gasteiger partial charge in [-0.3, -0.25) is 0 Å². The van der Waals surface area contributed by atoms with Crippen LogP contribution in [0.3, 0.4) is 0 Å². The van der Waals surface area contributed by atoms with E-state index in [9.17, 15) is 8.78 Å². The quantitative estimate of drug-likeness (QED) is 0.547. The molecular weight excluding hydrogens is 452 g/mol. The van der Waals surface area contributed by atoms with Crippen LogP contribution < -0.4 is 15.0 Å². The third kappa shape index (κ3) is 4.71. The van der Waals surface area contributed by atoms with Crippen molar-refractivity contribution in [1.29, 1.82) is 0 Å². The Bertz CT molecular complexity index is 1110. The van der Waals surface area contributed by atoms with Crippen LogP contribution in [0.5, 0.6) is 11.8 Å². The molecule has 3 atom stereocenters. The summed E-state index contributed by atoms with van der Waals surface area (Å²) in [6, 6.07) is 6.13. The molecule has 2 bridgehead atoms. The minimum absolute atomic E-state index is 0.0224. The smallest absolute Gasteiger partial charge is 0.322 e. The van der Waals surface area contributed by atoms with Gasteiger partial charge in [0.2, 0.25) is 5.95 Å². The number of aryl methyl sites for hydroxylation is 2. The fourth-order valence-electron chi connectivity index (χ4n) is 4.79. The lowest BCUT2D eigenvalue weighted by Crippen LogP contribution is -2.48. The number of nitrogens with zero attached hydrogens (tertiary/aromatic N) is 6. The normalized spacial score (nSPS) is 21.9. The van der Waals surface area contributed by atoms with Crippen molar-refractivity contribution in [2.75, 3.05) is 30.0 Å². The predicted octanol–water partition coefficient (Wildman–Crippen LogP) is 4.26. The molecule has 0 spiro atoms. The van der Waals surface area contributed by atoms with Crippen molar-refractivity contribution >= 4 is 23.4 Å². The number of piperidine rings is 1. The number of aromatic nitrogens is 5. The summed E-state index contributed by atoms with van der Waals surface area (Å²) >= 11 is 5.91. The van der Waals surface area contributed by atoms with E-state index < -0.39 is 12.5 Å². The van der Waals surface area contributed by atoms with E-state index >= 15 is 0 Å². The Morgan fingerprint density at radius 1 is 1.15 bits per heavy atom. The van der Waals surface area contributed by atoms with Crippen LogP contribution in [0.4, 0.5) is 20.5 Å². The van der Waals surface area contributed by atoms with Crippen molar-refractivity contribution in [1.82, 2.24) is 24.7 Å². The molecule has 1 saturated carbocycles. The molecule has 0 radical (unpaired) electrons. The molecule has 1 aliphatic carbocycles. The lowest BCUT2D eigenvalue weighted by atomic mass is 9.92. The Balaban J connectivity index is 1.32. The van der Waals surface area contributed by atoms with Crippen molar-refractivity contribution in [3.05, 3.63) is 47.1 Å². The van der Waals surface area contributed by atoms with Gasteiger partial charge < -0.3 is 15.0 Å². The monoisotopic (exact) mass is 475 g/mol. The number of halogens is 3. The van der Waals surface area contributed by atoms with Gasteiger partial charge in [-0.25, -0.2) is 23.4 Å². The molecule has 3 heterocycles. The highest BCUT2D eigenvalue weighted by molar-refractivity contribution is 6.30. The lowest BCUT2D eigenvalue weighted by Gasteiger charge is -2.38. The summed E-state index contributed by atoms with van der Waals surface area (Å²) in [5.74, 6) is 1.76. The number of hydrogen-bond donors (Lipinski definition) is 1. The number of alkyl halides is 1. The topological polar surface area (TPSA) is 81.0 Å². The zero-order valence-corrected chi connectivity index (χ0v) is 18.8. The summed E-state index contributed by atoms with van der Waals surface area (Å²) in [6.07, 6.45) is 3.80. The largest absolute Gasteiger partial charge is 0.424 e. The minimum Gasteiger partial charge on any atom is -0.424 e. The number of benzene rings is 1. The second-order valence-electron chi connectivity index (χ2n) is 8.53. The number of hydrogen-bond acceptors (Lipinski definition) is 7. The Morgan fingerprint density at radius 3 is 2.64 bits per heavy atom. The van der Waals surface area contributed by atoms with Crippen molar-refractivity contribution in [2.45, 2.75) is 32.4 Å². The molecule has 2 aromatic heterocycles. The molecule has 0 amide bonds. The van der Waals surface area contributed by atoms with Crippen LogP contribution in [0.2, 0.25) is 5.02 Å². The third-order valence-electron chi connectivity index (χ3n) is 6.22. The SMILES string of the molecule is Cc1cc(N2C[C@H]3CC[C@@H](C2)[C@@H]3Nc2nc(Oc3cc(F)cc(Cl)c3)n(CCF)n2)ncn1. The van der Waals surface area contributed by atoms with Crippen LogP contribution in [0.1, 0.15) is 18.5 Å². The maximum absolute atomic E-state index is 13.7. The number of fused-ring (bicyclic) bond motifs is 2. The van der Waals surface area contributed by atoms with Gasteiger partial charge in [-0.2, -0.15) is 4.98 Å². The van der Waals surface area contributed by atoms with Gasteiger partial charge in [-0.05, 0) is 43.7 Å². The molecule has 2 fully saturated rings. The van der Waals surface area contributed by atoms with E-state index in [0.717, 1.165) is 37.4 Å². The van der Waals surface area contributed by atoms with Gasteiger partial charge in [0.25, 0.3) is 0 Å². The molecule has 1 saturated heterocycles. The lowest BCUT2D eigenvalue weighted by molar-refractivity contribution is 0.362. The van der Waals surface area contributed by atoms with Crippen LogP contribution in [0.15, 0.2) is 30.6 Å². The fourth-order valence-corrected chi connectivity index (χ4v) is 5.00. The molecule has 33 heavy (non-hydrogen) atoms. The standard InChI is InChI=1S/C22H24ClF2N7O/c1-13-6-19(27-12-26-13)31-10-14-2-3-15(11-31)20(14)28-21-29-22(32(30-21)5-4-24)33-18-8-16(23)7-17(25)9-18/h6-9,12,14-15,20H,2-5,10-11H2,1H3,(H,28,30)/t14-,15+,20-. The number of rotatable bonds is 7. The number of nitrogens with one attached hydrogen (secondary N) is 1. The van der Waals surface area contributed by atoms with Gasteiger partial charge in [0.05, 0.1) is 6.54 Å². The van der Waals surface area contributed by atoms with Crippen LogP contribution in [0.25, 0.3) is 0 Å². The number of ether oxygens (including phenoxy) is 1. The summed E-state index contributed by atoms with van der Waals surface area (Å²) in [4.78, 5) is 15.4. The van der Waals surface area contributed by atoms with Crippen molar-refractivity contribution in [2.24, 2.45) is 11.8 Å². The Morgan fingerprint density at radius 2 is 1.94 bits per heavy atom. The van der Waals surface area contributed by atoms with Crippen molar-refractivity contribution in [3.63, 3.8) is 0 Å². The predicted molar refractivity (Wildman–Crippen MR) is 120 cm³/mol. The van der Waals surface area contributed by atoms with Crippen molar-refractivity contribution in [3.8, 4) is 11.8 Å². The second kappa shape index (κ2) is 9.09. The maximum atomic E-state index is 13.7. The highest BCUT2D eigenvalue weighted by Crippen LogP contribution is 2.40. The Labute approximate surface area is 195 Å². The summed E-state index contributed by atoms with van der Waals surface area (Å²) < 4.78 is 33.8. The van der Waals surface area contributed by atoms with E-state index in [-0.39, 0.29) is 29.4 Å². The molecular formula is C22H24ClF2N7O. The van der Waals surface area contributed by atoms with E-state index in [4.69, 9.17) is 16.3 Å². The van der Waals surface area contributed by atoms with Gasteiger partial charge in [-0.15, -0.1) is 5.10 Å². The van der Waals surface area contributed by atoms with Gasteiger partial charge in [0, 0.05) is 42.0 Å². The van der Waals surface area contributed by atoms with E-state index in [2.05, 4.69) is 30.3 Å². The summed E-state index contributed by atoms with van der Waals surface area (Å²) in [5, 5.41) is 8.03. The average Bonchev–Trinajstić information content (AvgIpc) is 3.22. The molecule has 2 aliphatic rings. The number of anilines is 2. The Kier molecular flexibility index (Phi) is 6.01. The summed E-state index contributed by atoms with van der Waals surface area (Å²) in [7, 11) is 0. The van der Waals surface area contributed by atoms with Crippen molar-refractivity contribution < 1.29 is 13.5 Å². The summed E-state index contributed by atoms with van der Waals surface area (Å²) in [5.41, 5.74) is 0.947. The highest BCUT2D eigenvalue weighted by Gasteiger charge is 2.43. The maximum Gasteiger partial charge on any atom is 0.322 e. The van der Waals surface area contributed by atoms with Crippen LogP contribution >= 0.6 is 11.6 Å². The first-order valence-corrected chi connectivity index (χ1v) is 11.3. The molecule has 1 N–H and O–H groups in total. The van der Waals surface area contributed by atoms with Crippen LogP contribution in [-0.4, -0.2) is 50.5 Å². The molecule has 1 aromatic carbocycles. The van der Waals surface area contributed by atoms with Crippen LogP contribution in [0, 0.1) is 24.6 Å². The molecule has 174 valence electrons. The van der Waals surface area contributed by atoms with Gasteiger partial charge in [-0.1, -0.05) is 11.6 Å². The Hall–Kier alpha value is -3.01. The summed E-state index contributed by atoms with van der Waals surface area (Å²) in [6.45, 7) is 3.06. The zero-order chi connectivity index (χ0) is 22.9. The van der Waals surface area contributed by atoms with E-state index in [1.807, 2.05) is 13.0 Å². The first-order chi connectivity index (χ1) is 16.0. The minimum atomic E-state index is -0.634. The molecule has 1 aliphatic heterocycles. The molecule has 11 heteroatoms. The van der Waals surface area contributed by atoms with E-state index in [0.29, 0.717) is 17.8 Å². The highest BCUT2D eigenvalue weighted by atomic mass is 35.5. The van der Waals surface area contributed by atoms with Gasteiger partial charge in [0.15, 0.2) is 0 Å². The van der Waals surface area contributed by atoms with Gasteiger partial charge in [0.1, 0.15) is 30.4 Å². The zero-order valence-electron chi connectivity index (χ0n) is 18.1. The first kappa shape index (κ1) is 21.8. The van der Waals surface area contributed by atoms with Crippen LogP contribution in [-0.2, 0) is 6.54 Å². The van der Waals surface area contributed by atoms with E-state index in [1.54, 1.807) is 6.33 Å². The van der Waals surface area contributed by atoms with E-state index in [1.165, 1.54) is 22.9 Å².